The highest BCUT2D eigenvalue weighted by atomic mass is 16.5. The van der Waals surface area contributed by atoms with Gasteiger partial charge in [-0.3, -0.25) is 0 Å². The summed E-state index contributed by atoms with van der Waals surface area (Å²) in [6, 6.07) is 0. The molecule has 0 heterocycles. The molecule has 0 aromatic carbocycles. The fourth-order valence-electron chi connectivity index (χ4n) is 1.61. The summed E-state index contributed by atoms with van der Waals surface area (Å²) in [5.41, 5.74) is -0.994. The van der Waals surface area contributed by atoms with Crippen molar-refractivity contribution in [1.29, 1.82) is 0 Å². The Bertz CT molecular complexity index is 323. The van der Waals surface area contributed by atoms with Crippen LogP contribution in [0.2, 0.25) is 0 Å². The molecule has 7 nitrogen and oxygen atoms in total. The van der Waals surface area contributed by atoms with Gasteiger partial charge in [-0.1, -0.05) is 13.0 Å². The number of hydrogen-bond acceptors (Lipinski definition) is 7. The SMILES string of the molecule is CC(=CC(CO)(CO)C(C)CO)C(=O)OCC(O)CO. The molecular formula is C13H24O7. The molecule has 0 aliphatic carbocycles. The maximum Gasteiger partial charge on any atom is 0.333 e. The average Bonchev–Trinajstić information content (AvgIpc) is 2.48. The molecule has 7 heteroatoms. The first-order valence-electron chi connectivity index (χ1n) is 6.35. The van der Waals surface area contributed by atoms with Gasteiger partial charge in [-0.25, -0.2) is 4.79 Å². The molecule has 20 heavy (non-hydrogen) atoms. The van der Waals surface area contributed by atoms with Crippen LogP contribution in [0.25, 0.3) is 0 Å². The smallest absolute Gasteiger partial charge is 0.333 e. The summed E-state index contributed by atoms with van der Waals surface area (Å²) in [5.74, 6) is -1.18. The van der Waals surface area contributed by atoms with Crippen LogP contribution in [-0.4, -0.2) is 70.6 Å². The second-order valence-corrected chi connectivity index (χ2v) is 4.90. The first kappa shape index (κ1) is 19.0. The Labute approximate surface area is 118 Å². The van der Waals surface area contributed by atoms with E-state index in [-0.39, 0.29) is 18.8 Å². The number of aliphatic hydroxyl groups excluding tert-OH is 5. The van der Waals surface area contributed by atoms with Gasteiger partial charge in [-0.05, 0) is 12.8 Å². The molecule has 0 bridgehead atoms. The number of ether oxygens (including phenoxy) is 1. The van der Waals surface area contributed by atoms with Crippen molar-refractivity contribution in [3.05, 3.63) is 11.6 Å². The van der Waals surface area contributed by atoms with Crippen molar-refractivity contribution >= 4 is 5.97 Å². The standard InChI is InChI=1S/C13H24O7/c1-9(12(19)20-6-11(18)5-15)3-13(7-16,8-17)10(2)4-14/h3,10-11,14-18H,4-8H2,1-2H3. The summed E-state index contributed by atoms with van der Waals surface area (Å²) >= 11 is 0. The maximum absolute atomic E-state index is 11.7. The van der Waals surface area contributed by atoms with Crippen LogP contribution in [0.15, 0.2) is 11.6 Å². The number of carbonyl (C=O) groups excluding carboxylic acids is 1. The van der Waals surface area contributed by atoms with Crippen molar-refractivity contribution in [2.45, 2.75) is 20.0 Å². The van der Waals surface area contributed by atoms with E-state index in [9.17, 15) is 15.0 Å². The molecule has 5 N–H and O–H groups in total. The summed E-state index contributed by atoms with van der Waals surface area (Å²) in [7, 11) is 0. The van der Waals surface area contributed by atoms with E-state index in [1.54, 1.807) is 6.92 Å². The second kappa shape index (κ2) is 9.04. The number of esters is 1. The molecule has 0 aromatic rings. The average molecular weight is 292 g/mol. The number of aliphatic hydroxyl groups is 5. The zero-order valence-electron chi connectivity index (χ0n) is 11.8. The van der Waals surface area contributed by atoms with E-state index in [1.165, 1.54) is 13.0 Å². The van der Waals surface area contributed by atoms with Gasteiger partial charge < -0.3 is 30.3 Å². The summed E-state index contributed by atoms with van der Waals surface area (Å²) in [5, 5.41) is 45.7. The monoisotopic (exact) mass is 292 g/mol. The quantitative estimate of drug-likeness (QED) is 0.256. The molecule has 0 fully saturated rings. The van der Waals surface area contributed by atoms with E-state index in [2.05, 4.69) is 0 Å². The van der Waals surface area contributed by atoms with Crippen molar-refractivity contribution < 1.29 is 35.1 Å². The van der Waals surface area contributed by atoms with Crippen LogP contribution >= 0.6 is 0 Å². The highest BCUT2D eigenvalue weighted by Gasteiger charge is 2.33. The number of rotatable bonds is 9. The normalized spacial score (nSPS) is 15.8. The van der Waals surface area contributed by atoms with Gasteiger partial charge in [0.05, 0.1) is 19.8 Å². The Morgan fingerprint density at radius 3 is 2.15 bits per heavy atom. The lowest BCUT2D eigenvalue weighted by atomic mass is 9.76. The molecule has 0 spiro atoms. The van der Waals surface area contributed by atoms with Gasteiger partial charge in [-0.15, -0.1) is 0 Å². The molecule has 2 atom stereocenters. The lowest BCUT2D eigenvalue weighted by Gasteiger charge is -2.32. The predicted molar refractivity (Wildman–Crippen MR) is 70.7 cm³/mol. The lowest BCUT2D eigenvalue weighted by molar-refractivity contribution is -0.142. The summed E-state index contributed by atoms with van der Waals surface area (Å²) in [6.45, 7) is 1.08. The third kappa shape index (κ3) is 5.18. The molecule has 118 valence electrons. The fourth-order valence-corrected chi connectivity index (χ4v) is 1.61. The molecule has 0 aliphatic rings. The van der Waals surface area contributed by atoms with E-state index in [0.717, 1.165) is 0 Å². The second-order valence-electron chi connectivity index (χ2n) is 4.90. The van der Waals surface area contributed by atoms with Crippen LogP contribution in [0.5, 0.6) is 0 Å². The van der Waals surface area contributed by atoms with Crippen LogP contribution in [0.4, 0.5) is 0 Å². The van der Waals surface area contributed by atoms with Crippen molar-refractivity contribution in [2.75, 3.05) is 33.0 Å². The van der Waals surface area contributed by atoms with Crippen LogP contribution in [0.3, 0.4) is 0 Å². The fraction of sp³-hybridized carbons (Fsp3) is 0.769. The Hall–Kier alpha value is -0.990. The third-order valence-corrected chi connectivity index (χ3v) is 3.29. The van der Waals surface area contributed by atoms with E-state index in [0.29, 0.717) is 0 Å². The zero-order chi connectivity index (χ0) is 15.8. The number of hydrogen-bond donors (Lipinski definition) is 5. The molecule has 0 amide bonds. The number of carbonyl (C=O) groups is 1. The predicted octanol–water partition coefficient (Wildman–Crippen LogP) is -1.57. The molecule has 2 unspecified atom stereocenters. The van der Waals surface area contributed by atoms with Gasteiger partial charge in [-0.2, -0.15) is 0 Å². The molecule has 0 aromatic heterocycles. The molecule has 0 aliphatic heterocycles. The van der Waals surface area contributed by atoms with Crippen molar-refractivity contribution in [2.24, 2.45) is 11.3 Å². The van der Waals surface area contributed by atoms with Crippen LogP contribution in [0.1, 0.15) is 13.8 Å². The Morgan fingerprint density at radius 2 is 1.75 bits per heavy atom. The van der Waals surface area contributed by atoms with E-state index < -0.39 is 43.2 Å². The molecule has 0 rings (SSSR count). The van der Waals surface area contributed by atoms with Gasteiger partial charge >= 0.3 is 5.97 Å². The minimum Gasteiger partial charge on any atom is -0.459 e. The highest BCUT2D eigenvalue weighted by Crippen LogP contribution is 2.30. The Balaban J connectivity index is 4.92. The first-order valence-corrected chi connectivity index (χ1v) is 6.35. The van der Waals surface area contributed by atoms with Gasteiger partial charge in [0.25, 0.3) is 0 Å². The van der Waals surface area contributed by atoms with E-state index in [1.807, 2.05) is 0 Å². The summed E-state index contributed by atoms with van der Waals surface area (Å²) in [6.07, 6.45) is 0.213. The van der Waals surface area contributed by atoms with Gasteiger partial charge in [0, 0.05) is 17.6 Å². The summed E-state index contributed by atoms with van der Waals surface area (Å²) < 4.78 is 4.76. The Kier molecular flexibility index (Phi) is 8.59. The van der Waals surface area contributed by atoms with Crippen molar-refractivity contribution in [1.82, 2.24) is 0 Å². The molecular weight excluding hydrogens is 268 g/mol. The van der Waals surface area contributed by atoms with Crippen molar-refractivity contribution in [3.8, 4) is 0 Å². The van der Waals surface area contributed by atoms with Crippen LogP contribution in [-0.2, 0) is 9.53 Å². The molecule has 0 radical (unpaired) electrons. The summed E-state index contributed by atoms with van der Waals surface area (Å²) in [4.78, 5) is 11.7. The third-order valence-electron chi connectivity index (χ3n) is 3.29. The maximum atomic E-state index is 11.7. The van der Waals surface area contributed by atoms with Gasteiger partial charge in [0.1, 0.15) is 12.7 Å². The van der Waals surface area contributed by atoms with Gasteiger partial charge in [0.2, 0.25) is 0 Å². The molecule has 0 saturated carbocycles. The van der Waals surface area contributed by atoms with E-state index >= 15 is 0 Å². The topological polar surface area (TPSA) is 127 Å². The first-order chi connectivity index (χ1) is 9.36. The minimum absolute atomic E-state index is 0.138. The largest absolute Gasteiger partial charge is 0.459 e. The van der Waals surface area contributed by atoms with Crippen LogP contribution in [0, 0.1) is 11.3 Å². The van der Waals surface area contributed by atoms with E-state index in [4.69, 9.17) is 20.1 Å². The zero-order valence-corrected chi connectivity index (χ0v) is 11.8. The lowest BCUT2D eigenvalue weighted by Crippen LogP contribution is -2.37. The van der Waals surface area contributed by atoms with Crippen molar-refractivity contribution in [3.63, 3.8) is 0 Å². The molecule has 0 saturated heterocycles. The highest BCUT2D eigenvalue weighted by molar-refractivity contribution is 5.87. The van der Waals surface area contributed by atoms with Gasteiger partial charge in [0.15, 0.2) is 0 Å². The Morgan fingerprint density at radius 1 is 1.20 bits per heavy atom. The minimum atomic E-state index is -1.15. The van der Waals surface area contributed by atoms with Crippen LogP contribution < -0.4 is 0 Å².